The maximum Gasteiger partial charge on any atom is 0.417 e. The summed E-state index contributed by atoms with van der Waals surface area (Å²) in [4.78, 5) is 11.7. The number of anilines is 1. The Bertz CT molecular complexity index is 673. The smallest absolute Gasteiger partial charge is 0.399 e. The SMILES string of the molecule is O=C(Nc1ccccc1)Oc1cc2ccccc2s1. The second kappa shape index (κ2) is 5.12. The molecule has 3 nitrogen and oxygen atoms in total. The van der Waals surface area contributed by atoms with E-state index < -0.39 is 6.09 Å². The number of ether oxygens (including phenoxy) is 1. The monoisotopic (exact) mass is 269 g/mol. The summed E-state index contributed by atoms with van der Waals surface area (Å²) >= 11 is 1.45. The fraction of sp³-hybridized carbons (Fsp3) is 0. The highest BCUT2D eigenvalue weighted by Crippen LogP contribution is 2.31. The maximum absolute atomic E-state index is 11.7. The van der Waals surface area contributed by atoms with Gasteiger partial charge in [-0.1, -0.05) is 47.7 Å². The van der Waals surface area contributed by atoms with E-state index >= 15 is 0 Å². The highest BCUT2D eigenvalue weighted by Gasteiger charge is 2.08. The number of carbonyl (C=O) groups is 1. The summed E-state index contributed by atoms with van der Waals surface area (Å²) in [6.07, 6.45) is -0.474. The fourth-order valence-corrected chi connectivity index (χ4v) is 2.68. The van der Waals surface area contributed by atoms with E-state index in [0.717, 1.165) is 10.1 Å². The number of hydrogen-bond acceptors (Lipinski definition) is 3. The van der Waals surface area contributed by atoms with E-state index in [1.54, 1.807) is 0 Å². The zero-order valence-electron chi connectivity index (χ0n) is 10.00. The molecule has 0 atom stereocenters. The number of para-hydroxylation sites is 1. The molecule has 3 aromatic rings. The fourth-order valence-electron chi connectivity index (χ4n) is 1.76. The van der Waals surface area contributed by atoms with Gasteiger partial charge in [-0.3, -0.25) is 5.32 Å². The van der Waals surface area contributed by atoms with Crippen molar-refractivity contribution in [2.75, 3.05) is 5.32 Å². The third-order valence-electron chi connectivity index (χ3n) is 2.62. The second-order valence-corrected chi connectivity index (χ2v) is 5.03. The van der Waals surface area contributed by atoms with Crippen LogP contribution in [-0.2, 0) is 0 Å². The van der Waals surface area contributed by atoms with Crippen LogP contribution in [0.3, 0.4) is 0 Å². The second-order valence-electron chi connectivity index (χ2n) is 3.98. The lowest BCUT2D eigenvalue weighted by atomic mass is 10.3. The average Bonchev–Trinajstić information content (AvgIpc) is 2.81. The number of rotatable bonds is 2. The minimum atomic E-state index is -0.474. The van der Waals surface area contributed by atoms with Crippen LogP contribution in [0.4, 0.5) is 10.5 Å². The molecule has 2 aromatic carbocycles. The normalized spacial score (nSPS) is 10.3. The van der Waals surface area contributed by atoms with Crippen LogP contribution >= 0.6 is 11.3 Å². The maximum atomic E-state index is 11.7. The molecule has 0 unspecified atom stereocenters. The van der Waals surface area contributed by atoms with Crippen LogP contribution in [0, 0.1) is 0 Å². The van der Waals surface area contributed by atoms with Gasteiger partial charge >= 0.3 is 6.09 Å². The van der Waals surface area contributed by atoms with Crippen molar-refractivity contribution in [3.63, 3.8) is 0 Å². The standard InChI is InChI=1S/C15H11NO2S/c17-15(16-12-7-2-1-3-8-12)18-14-10-11-6-4-5-9-13(11)19-14/h1-10H,(H,16,17). The summed E-state index contributed by atoms with van der Waals surface area (Å²) in [7, 11) is 0. The summed E-state index contributed by atoms with van der Waals surface area (Å²) in [5, 5.41) is 4.35. The number of benzene rings is 2. The summed E-state index contributed by atoms with van der Waals surface area (Å²) in [5.41, 5.74) is 0.716. The topological polar surface area (TPSA) is 38.3 Å². The molecule has 3 rings (SSSR count). The number of hydrogen-bond donors (Lipinski definition) is 1. The molecule has 0 spiro atoms. The Morgan fingerprint density at radius 1 is 1.00 bits per heavy atom. The molecule has 1 amide bonds. The molecular weight excluding hydrogens is 258 g/mol. The van der Waals surface area contributed by atoms with Crippen LogP contribution in [0.1, 0.15) is 0 Å². The highest BCUT2D eigenvalue weighted by atomic mass is 32.1. The minimum absolute atomic E-state index is 0.474. The molecule has 0 fully saturated rings. The zero-order chi connectivity index (χ0) is 13.1. The molecule has 0 saturated carbocycles. The van der Waals surface area contributed by atoms with Gasteiger partial charge in [0.05, 0.1) is 0 Å². The number of fused-ring (bicyclic) bond motifs is 1. The molecule has 1 aromatic heterocycles. The number of thiophene rings is 1. The lowest BCUT2D eigenvalue weighted by Gasteiger charge is -2.03. The lowest BCUT2D eigenvalue weighted by molar-refractivity contribution is 0.216. The van der Waals surface area contributed by atoms with Crippen molar-refractivity contribution in [2.45, 2.75) is 0 Å². The van der Waals surface area contributed by atoms with Gasteiger partial charge in [-0.15, -0.1) is 0 Å². The van der Waals surface area contributed by atoms with Crippen molar-refractivity contribution in [1.82, 2.24) is 0 Å². The van der Waals surface area contributed by atoms with E-state index in [4.69, 9.17) is 4.74 Å². The Labute approximate surface area is 114 Å². The van der Waals surface area contributed by atoms with Crippen LogP contribution in [0.15, 0.2) is 60.7 Å². The first-order valence-corrected chi connectivity index (χ1v) is 6.65. The van der Waals surface area contributed by atoms with E-state index in [0.29, 0.717) is 10.8 Å². The summed E-state index contributed by atoms with van der Waals surface area (Å²) < 4.78 is 6.37. The van der Waals surface area contributed by atoms with Crippen LogP contribution in [0.25, 0.3) is 10.1 Å². The summed E-state index contributed by atoms with van der Waals surface area (Å²) in [6.45, 7) is 0. The van der Waals surface area contributed by atoms with Gasteiger partial charge in [0.25, 0.3) is 0 Å². The molecule has 0 radical (unpaired) electrons. The lowest BCUT2D eigenvalue weighted by Crippen LogP contribution is -2.15. The van der Waals surface area contributed by atoms with E-state index in [1.807, 2.05) is 60.7 Å². The molecule has 0 aliphatic rings. The van der Waals surface area contributed by atoms with Crippen LogP contribution in [-0.4, -0.2) is 6.09 Å². The van der Waals surface area contributed by atoms with Crippen molar-refractivity contribution in [1.29, 1.82) is 0 Å². The molecule has 0 aliphatic carbocycles. The predicted octanol–water partition coefficient (Wildman–Crippen LogP) is 4.51. The van der Waals surface area contributed by atoms with Crippen molar-refractivity contribution in [3.05, 3.63) is 60.7 Å². The summed E-state index contributed by atoms with van der Waals surface area (Å²) in [6, 6.07) is 19.0. The number of nitrogens with one attached hydrogen (secondary N) is 1. The van der Waals surface area contributed by atoms with E-state index in [9.17, 15) is 4.79 Å². The predicted molar refractivity (Wildman–Crippen MR) is 77.9 cm³/mol. The third kappa shape index (κ3) is 2.74. The first kappa shape index (κ1) is 11.7. The van der Waals surface area contributed by atoms with Gasteiger partial charge in [0, 0.05) is 16.5 Å². The quantitative estimate of drug-likeness (QED) is 0.743. The van der Waals surface area contributed by atoms with Gasteiger partial charge in [-0.05, 0) is 23.6 Å². The molecule has 0 bridgehead atoms. The molecular formula is C15H11NO2S. The molecule has 4 heteroatoms. The molecule has 94 valence electrons. The molecule has 0 saturated heterocycles. The zero-order valence-corrected chi connectivity index (χ0v) is 10.8. The van der Waals surface area contributed by atoms with Crippen LogP contribution < -0.4 is 10.1 Å². The van der Waals surface area contributed by atoms with Crippen LogP contribution in [0.2, 0.25) is 0 Å². The van der Waals surface area contributed by atoms with Crippen molar-refractivity contribution in [3.8, 4) is 5.06 Å². The Balaban J connectivity index is 1.72. The Hall–Kier alpha value is -2.33. The van der Waals surface area contributed by atoms with Crippen molar-refractivity contribution >= 4 is 33.2 Å². The Morgan fingerprint density at radius 2 is 1.74 bits per heavy atom. The van der Waals surface area contributed by atoms with E-state index in [-0.39, 0.29) is 0 Å². The van der Waals surface area contributed by atoms with Gasteiger partial charge in [-0.25, -0.2) is 4.79 Å². The van der Waals surface area contributed by atoms with E-state index in [2.05, 4.69) is 5.32 Å². The largest absolute Gasteiger partial charge is 0.417 e. The molecule has 1 heterocycles. The van der Waals surface area contributed by atoms with Crippen molar-refractivity contribution in [2.24, 2.45) is 0 Å². The number of amides is 1. The van der Waals surface area contributed by atoms with Crippen LogP contribution in [0.5, 0.6) is 5.06 Å². The van der Waals surface area contributed by atoms with Gasteiger partial charge in [0.2, 0.25) is 0 Å². The van der Waals surface area contributed by atoms with Gasteiger partial charge in [-0.2, -0.15) is 0 Å². The first-order chi connectivity index (χ1) is 9.31. The molecule has 0 aliphatic heterocycles. The average molecular weight is 269 g/mol. The molecule has 1 N–H and O–H groups in total. The van der Waals surface area contributed by atoms with Crippen molar-refractivity contribution < 1.29 is 9.53 Å². The van der Waals surface area contributed by atoms with Gasteiger partial charge < -0.3 is 4.74 Å². The molecule has 19 heavy (non-hydrogen) atoms. The minimum Gasteiger partial charge on any atom is -0.399 e. The highest BCUT2D eigenvalue weighted by molar-refractivity contribution is 7.20. The Morgan fingerprint density at radius 3 is 2.53 bits per heavy atom. The number of carbonyl (C=O) groups excluding carboxylic acids is 1. The Kier molecular flexibility index (Phi) is 3.16. The summed E-state index contributed by atoms with van der Waals surface area (Å²) in [5.74, 6) is 0. The van der Waals surface area contributed by atoms with Gasteiger partial charge in [0.1, 0.15) is 0 Å². The third-order valence-corrected chi connectivity index (χ3v) is 3.61. The first-order valence-electron chi connectivity index (χ1n) is 5.84. The van der Waals surface area contributed by atoms with E-state index in [1.165, 1.54) is 11.3 Å². The van der Waals surface area contributed by atoms with Gasteiger partial charge in [0.15, 0.2) is 5.06 Å².